The molecule has 102 valence electrons. The highest BCUT2D eigenvalue weighted by Gasteiger charge is 2.10. The Morgan fingerprint density at radius 2 is 2.30 bits per heavy atom. The van der Waals surface area contributed by atoms with Crippen LogP contribution in [0, 0.1) is 17.7 Å². The van der Waals surface area contributed by atoms with Gasteiger partial charge in [-0.05, 0) is 18.2 Å². The van der Waals surface area contributed by atoms with Crippen molar-refractivity contribution in [3.8, 4) is 11.8 Å². The standard InChI is InChI=1S/C14H13FN4O/c1-19-8-6-13(18-19)17-14(20)11-5-4-10(3-2-7-16)12(15)9-11/h4-6,8-9H,7,16H2,1H3,(H,17,18,20). The third-order valence-electron chi connectivity index (χ3n) is 2.51. The number of anilines is 1. The molecule has 0 aliphatic rings. The summed E-state index contributed by atoms with van der Waals surface area (Å²) >= 11 is 0. The Morgan fingerprint density at radius 3 is 2.90 bits per heavy atom. The Hall–Kier alpha value is -2.65. The van der Waals surface area contributed by atoms with E-state index in [2.05, 4.69) is 22.3 Å². The average molecular weight is 272 g/mol. The largest absolute Gasteiger partial charge is 0.320 e. The molecule has 0 spiro atoms. The van der Waals surface area contributed by atoms with E-state index in [1.165, 1.54) is 12.1 Å². The number of amides is 1. The van der Waals surface area contributed by atoms with Crippen molar-refractivity contribution in [1.82, 2.24) is 9.78 Å². The zero-order valence-corrected chi connectivity index (χ0v) is 10.9. The first kappa shape index (κ1) is 13.8. The highest BCUT2D eigenvalue weighted by atomic mass is 19.1. The molecule has 2 rings (SSSR count). The van der Waals surface area contributed by atoms with E-state index in [0.29, 0.717) is 5.82 Å². The Balaban J connectivity index is 2.16. The Labute approximate surface area is 115 Å². The zero-order chi connectivity index (χ0) is 14.5. The van der Waals surface area contributed by atoms with Gasteiger partial charge in [0.05, 0.1) is 12.1 Å². The summed E-state index contributed by atoms with van der Waals surface area (Å²) in [6, 6.07) is 5.74. The number of aromatic nitrogens is 2. The lowest BCUT2D eigenvalue weighted by Crippen LogP contribution is -2.13. The molecule has 0 saturated carbocycles. The van der Waals surface area contributed by atoms with Crippen molar-refractivity contribution >= 4 is 11.7 Å². The van der Waals surface area contributed by atoms with E-state index in [4.69, 9.17) is 5.73 Å². The SMILES string of the molecule is Cn1ccc(NC(=O)c2ccc(C#CCN)c(F)c2)n1. The van der Waals surface area contributed by atoms with E-state index in [1.54, 1.807) is 24.0 Å². The van der Waals surface area contributed by atoms with Gasteiger partial charge in [-0.15, -0.1) is 0 Å². The fourth-order valence-electron chi connectivity index (χ4n) is 1.57. The number of hydrogen-bond donors (Lipinski definition) is 2. The predicted molar refractivity (Wildman–Crippen MR) is 73.5 cm³/mol. The minimum atomic E-state index is -0.556. The number of rotatable bonds is 2. The Bertz CT molecular complexity index is 697. The van der Waals surface area contributed by atoms with Crippen LogP contribution in [0.3, 0.4) is 0 Å². The van der Waals surface area contributed by atoms with Gasteiger partial charge in [0.15, 0.2) is 5.82 Å². The van der Waals surface area contributed by atoms with Crippen molar-refractivity contribution in [1.29, 1.82) is 0 Å². The Kier molecular flexibility index (Phi) is 4.13. The maximum Gasteiger partial charge on any atom is 0.256 e. The molecular weight excluding hydrogens is 259 g/mol. The van der Waals surface area contributed by atoms with Crippen LogP contribution < -0.4 is 11.1 Å². The topological polar surface area (TPSA) is 72.9 Å². The molecule has 3 N–H and O–H groups in total. The van der Waals surface area contributed by atoms with Crippen molar-refractivity contribution in [3.63, 3.8) is 0 Å². The van der Waals surface area contributed by atoms with Crippen molar-refractivity contribution < 1.29 is 9.18 Å². The molecular formula is C14H13FN4O. The second-order valence-electron chi connectivity index (χ2n) is 4.03. The van der Waals surface area contributed by atoms with E-state index in [9.17, 15) is 9.18 Å². The molecule has 1 heterocycles. The van der Waals surface area contributed by atoms with Gasteiger partial charge in [-0.2, -0.15) is 5.10 Å². The molecule has 1 amide bonds. The second-order valence-corrected chi connectivity index (χ2v) is 4.03. The zero-order valence-electron chi connectivity index (χ0n) is 10.9. The van der Waals surface area contributed by atoms with E-state index in [0.717, 1.165) is 6.07 Å². The molecule has 0 aliphatic heterocycles. The molecule has 0 bridgehead atoms. The van der Waals surface area contributed by atoms with Crippen LogP contribution in [0.1, 0.15) is 15.9 Å². The van der Waals surface area contributed by atoms with Crippen molar-refractivity contribution in [2.45, 2.75) is 0 Å². The third-order valence-corrected chi connectivity index (χ3v) is 2.51. The maximum absolute atomic E-state index is 13.7. The summed E-state index contributed by atoms with van der Waals surface area (Å²) < 4.78 is 15.3. The van der Waals surface area contributed by atoms with Gasteiger partial charge in [-0.1, -0.05) is 11.8 Å². The molecule has 0 aliphatic carbocycles. The molecule has 6 heteroatoms. The molecule has 0 fully saturated rings. The first-order chi connectivity index (χ1) is 9.60. The van der Waals surface area contributed by atoms with E-state index >= 15 is 0 Å². The molecule has 0 unspecified atom stereocenters. The summed E-state index contributed by atoms with van der Waals surface area (Å²) in [4.78, 5) is 11.9. The van der Waals surface area contributed by atoms with Gasteiger partial charge in [0.2, 0.25) is 0 Å². The highest BCUT2D eigenvalue weighted by molar-refractivity contribution is 6.03. The predicted octanol–water partition coefficient (Wildman–Crippen LogP) is 1.12. The monoisotopic (exact) mass is 272 g/mol. The molecule has 20 heavy (non-hydrogen) atoms. The molecule has 0 saturated heterocycles. The summed E-state index contributed by atoms with van der Waals surface area (Å²) in [6.45, 7) is 0.154. The van der Waals surface area contributed by atoms with Gasteiger partial charge in [-0.3, -0.25) is 9.48 Å². The van der Waals surface area contributed by atoms with Crippen molar-refractivity contribution in [3.05, 3.63) is 47.4 Å². The van der Waals surface area contributed by atoms with Gasteiger partial charge in [0.25, 0.3) is 5.91 Å². The molecule has 0 atom stereocenters. The van der Waals surface area contributed by atoms with Crippen LogP contribution >= 0.6 is 0 Å². The number of benzene rings is 1. The lowest BCUT2D eigenvalue weighted by molar-refractivity contribution is 0.102. The van der Waals surface area contributed by atoms with Crippen molar-refractivity contribution in [2.24, 2.45) is 12.8 Å². The van der Waals surface area contributed by atoms with Crippen LogP contribution in [0.15, 0.2) is 30.5 Å². The van der Waals surface area contributed by atoms with Crippen molar-refractivity contribution in [2.75, 3.05) is 11.9 Å². The van der Waals surface area contributed by atoms with Gasteiger partial charge >= 0.3 is 0 Å². The van der Waals surface area contributed by atoms with E-state index in [-0.39, 0.29) is 17.7 Å². The number of nitrogens with zero attached hydrogens (tertiary/aromatic N) is 2. The summed E-state index contributed by atoms with van der Waals surface area (Å²) in [7, 11) is 1.74. The lowest BCUT2D eigenvalue weighted by atomic mass is 10.1. The number of halogens is 1. The number of nitrogens with one attached hydrogen (secondary N) is 1. The maximum atomic E-state index is 13.7. The fraction of sp³-hybridized carbons (Fsp3) is 0.143. The normalized spacial score (nSPS) is 9.75. The van der Waals surface area contributed by atoms with Crippen LogP contribution in [0.25, 0.3) is 0 Å². The second kappa shape index (κ2) is 5.99. The first-order valence-corrected chi connectivity index (χ1v) is 5.89. The molecule has 5 nitrogen and oxygen atoms in total. The van der Waals surface area contributed by atoms with E-state index in [1.807, 2.05) is 0 Å². The number of carbonyl (C=O) groups is 1. The first-order valence-electron chi connectivity index (χ1n) is 5.89. The summed E-state index contributed by atoms with van der Waals surface area (Å²) in [5.74, 6) is 4.58. The molecule has 2 aromatic rings. The smallest absolute Gasteiger partial charge is 0.256 e. The van der Waals surface area contributed by atoms with Gasteiger partial charge < -0.3 is 11.1 Å². The Morgan fingerprint density at radius 1 is 1.50 bits per heavy atom. The summed E-state index contributed by atoms with van der Waals surface area (Å²) in [5.41, 5.74) is 5.64. The van der Waals surface area contributed by atoms with Gasteiger partial charge in [0, 0.05) is 24.9 Å². The number of carbonyl (C=O) groups excluding carboxylic acids is 1. The number of hydrogen-bond acceptors (Lipinski definition) is 3. The van der Waals surface area contributed by atoms with Crippen LogP contribution in [0.4, 0.5) is 10.2 Å². The van der Waals surface area contributed by atoms with Crippen LogP contribution in [0.5, 0.6) is 0 Å². The van der Waals surface area contributed by atoms with Crippen LogP contribution in [0.2, 0.25) is 0 Å². The summed E-state index contributed by atoms with van der Waals surface area (Å²) in [6.07, 6.45) is 1.70. The lowest BCUT2D eigenvalue weighted by Gasteiger charge is -2.03. The minimum Gasteiger partial charge on any atom is -0.320 e. The number of nitrogens with two attached hydrogens (primary N) is 1. The van der Waals surface area contributed by atoms with E-state index < -0.39 is 11.7 Å². The highest BCUT2D eigenvalue weighted by Crippen LogP contribution is 2.11. The van der Waals surface area contributed by atoms with Crippen LogP contribution in [-0.2, 0) is 7.05 Å². The quantitative estimate of drug-likeness (QED) is 0.805. The number of aryl methyl sites for hydroxylation is 1. The third kappa shape index (κ3) is 3.22. The average Bonchev–Trinajstić information content (AvgIpc) is 2.82. The van der Waals surface area contributed by atoms with Gasteiger partial charge in [-0.25, -0.2) is 4.39 Å². The molecule has 1 aromatic heterocycles. The molecule has 1 aromatic carbocycles. The minimum absolute atomic E-state index is 0.154. The fourth-order valence-corrected chi connectivity index (χ4v) is 1.57. The summed E-state index contributed by atoms with van der Waals surface area (Å²) in [5, 5.41) is 6.59. The van der Waals surface area contributed by atoms with Crippen LogP contribution in [-0.4, -0.2) is 22.2 Å². The van der Waals surface area contributed by atoms with Gasteiger partial charge in [0.1, 0.15) is 5.82 Å². The molecule has 0 radical (unpaired) electrons.